The van der Waals surface area contributed by atoms with Gasteiger partial charge in [0.1, 0.15) is 0 Å². The van der Waals surface area contributed by atoms with Crippen molar-refractivity contribution in [2.75, 3.05) is 26.7 Å². The number of nitrogens with one attached hydrogen (secondary N) is 1. The lowest BCUT2D eigenvalue weighted by Crippen LogP contribution is -2.45. The summed E-state index contributed by atoms with van der Waals surface area (Å²) in [6.45, 7) is 11.1. The molecule has 0 aromatic carbocycles. The van der Waals surface area contributed by atoms with Crippen LogP contribution in [0.1, 0.15) is 27.7 Å². The maximum atomic E-state index is 5.71. The van der Waals surface area contributed by atoms with Crippen molar-refractivity contribution >= 4 is 29.9 Å². The Morgan fingerprint density at radius 1 is 1.40 bits per heavy atom. The third-order valence-corrected chi connectivity index (χ3v) is 1.81. The molecule has 15 heavy (non-hydrogen) atoms. The van der Waals surface area contributed by atoms with Gasteiger partial charge in [0.15, 0.2) is 5.96 Å². The molecule has 3 N–H and O–H groups in total. The summed E-state index contributed by atoms with van der Waals surface area (Å²) in [6, 6.07) is 0. The highest BCUT2D eigenvalue weighted by Gasteiger charge is 2.09. The van der Waals surface area contributed by atoms with E-state index in [1.54, 1.807) is 0 Å². The van der Waals surface area contributed by atoms with Gasteiger partial charge in [-0.1, -0.05) is 6.92 Å². The van der Waals surface area contributed by atoms with Gasteiger partial charge in [0.2, 0.25) is 0 Å². The van der Waals surface area contributed by atoms with Gasteiger partial charge in [0, 0.05) is 12.1 Å². The molecule has 0 saturated heterocycles. The zero-order chi connectivity index (χ0) is 11.2. The van der Waals surface area contributed by atoms with Crippen LogP contribution >= 0.6 is 24.0 Å². The standard InChI is InChI=1S/C10H24N4.HI/c1-6-14(5)8-7-12-9(11)13-10(2,3)4;/h6-8H2,1-5H3,(H3,11,12,13);1H. The number of guanidine groups is 1. The smallest absolute Gasteiger partial charge is 0.189 e. The molecule has 0 aliphatic rings. The van der Waals surface area contributed by atoms with Gasteiger partial charge < -0.3 is 16.0 Å². The zero-order valence-corrected chi connectivity index (χ0v) is 12.8. The van der Waals surface area contributed by atoms with Crippen molar-refractivity contribution in [2.24, 2.45) is 10.7 Å². The van der Waals surface area contributed by atoms with E-state index < -0.39 is 0 Å². The first-order valence-electron chi connectivity index (χ1n) is 5.12. The molecule has 0 spiro atoms. The van der Waals surface area contributed by atoms with Gasteiger partial charge in [-0.05, 0) is 34.4 Å². The summed E-state index contributed by atoms with van der Waals surface area (Å²) in [7, 11) is 2.07. The van der Waals surface area contributed by atoms with Crippen LogP contribution in [0.2, 0.25) is 0 Å². The quantitative estimate of drug-likeness (QED) is 0.464. The Morgan fingerprint density at radius 3 is 2.33 bits per heavy atom. The zero-order valence-electron chi connectivity index (χ0n) is 10.5. The molecular weight excluding hydrogens is 303 g/mol. The lowest BCUT2D eigenvalue weighted by molar-refractivity contribution is 0.363. The van der Waals surface area contributed by atoms with Crippen molar-refractivity contribution in [3.8, 4) is 0 Å². The van der Waals surface area contributed by atoms with Crippen molar-refractivity contribution in [1.29, 1.82) is 0 Å². The molecule has 0 aromatic heterocycles. The topological polar surface area (TPSA) is 53.6 Å². The lowest BCUT2D eigenvalue weighted by atomic mass is 10.1. The van der Waals surface area contributed by atoms with E-state index in [9.17, 15) is 0 Å². The van der Waals surface area contributed by atoms with Gasteiger partial charge in [-0.3, -0.25) is 4.99 Å². The maximum absolute atomic E-state index is 5.71. The highest BCUT2D eigenvalue weighted by molar-refractivity contribution is 14.0. The molecule has 0 aromatic rings. The second-order valence-corrected chi connectivity index (χ2v) is 4.54. The van der Waals surface area contributed by atoms with Crippen LogP contribution in [-0.2, 0) is 0 Å². The number of hydrogen-bond donors (Lipinski definition) is 2. The van der Waals surface area contributed by atoms with Crippen LogP contribution in [0.3, 0.4) is 0 Å². The molecule has 5 heteroatoms. The SMILES string of the molecule is CCN(C)CCN=C(N)NC(C)(C)C.I. The van der Waals surface area contributed by atoms with Gasteiger partial charge in [0.05, 0.1) is 6.54 Å². The molecule has 0 atom stereocenters. The number of nitrogens with zero attached hydrogens (tertiary/aromatic N) is 2. The van der Waals surface area contributed by atoms with Crippen LogP contribution in [0, 0.1) is 0 Å². The Balaban J connectivity index is 0. The highest BCUT2D eigenvalue weighted by Crippen LogP contribution is 1.96. The minimum absolute atomic E-state index is 0. The van der Waals surface area contributed by atoms with E-state index in [0.29, 0.717) is 5.96 Å². The first-order chi connectivity index (χ1) is 6.35. The first kappa shape index (κ1) is 17.4. The number of nitrogens with two attached hydrogens (primary N) is 1. The van der Waals surface area contributed by atoms with Crippen LogP contribution in [0.15, 0.2) is 4.99 Å². The van der Waals surface area contributed by atoms with Gasteiger partial charge in [-0.25, -0.2) is 0 Å². The molecule has 0 amide bonds. The molecular formula is C10H25IN4. The van der Waals surface area contributed by atoms with Gasteiger partial charge in [-0.2, -0.15) is 0 Å². The van der Waals surface area contributed by atoms with Crippen LogP contribution in [-0.4, -0.2) is 43.1 Å². The third-order valence-electron chi connectivity index (χ3n) is 1.81. The van der Waals surface area contributed by atoms with Crippen LogP contribution in [0.4, 0.5) is 0 Å². The minimum atomic E-state index is -0.00968. The molecule has 0 radical (unpaired) electrons. The van der Waals surface area contributed by atoms with Crippen molar-refractivity contribution in [2.45, 2.75) is 33.2 Å². The Bertz CT molecular complexity index is 186. The second-order valence-electron chi connectivity index (χ2n) is 4.54. The number of likely N-dealkylation sites (N-methyl/N-ethyl adjacent to an activating group) is 1. The van der Waals surface area contributed by atoms with Gasteiger partial charge in [0.25, 0.3) is 0 Å². The summed E-state index contributed by atoms with van der Waals surface area (Å²) in [5, 5.41) is 3.12. The average Bonchev–Trinajstić information content (AvgIpc) is 2.00. The minimum Gasteiger partial charge on any atom is -0.370 e. The predicted octanol–water partition coefficient (Wildman–Crippen LogP) is 1.26. The fourth-order valence-electron chi connectivity index (χ4n) is 0.923. The summed E-state index contributed by atoms with van der Waals surface area (Å²) in [5.41, 5.74) is 5.70. The van der Waals surface area contributed by atoms with Crippen LogP contribution in [0.5, 0.6) is 0 Å². The Hall–Kier alpha value is -0.0400. The molecule has 0 aliphatic heterocycles. The van der Waals surface area contributed by atoms with E-state index in [4.69, 9.17) is 5.73 Å². The Morgan fingerprint density at radius 2 is 1.93 bits per heavy atom. The average molecular weight is 328 g/mol. The van der Waals surface area contributed by atoms with Crippen molar-refractivity contribution in [3.05, 3.63) is 0 Å². The van der Waals surface area contributed by atoms with E-state index in [0.717, 1.165) is 19.6 Å². The number of hydrogen-bond acceptors (Lipinski definition) is 2. The molecule has 0 bridgehead atoms. The number of halogens is 1. The molecule has 0 heterocycles. The molecule has 0 saturated carbocycles. The van der Waals surface area contributed by atoms with Crippen molar-refractivity contribution < 1.29 is 0 Å². The van der Waals surface area contributed by atoms with E-state index in [1.165, 1.54) is 0 Å². The molecule has 92 valence electrons. The van der Waals surface area contributed by atoms with E-state index in [2.05, 4.69) is 50.0 Å². The normalized spacial score (nSPS) is 12.5. The molecule has 0 fully saturated rings. The largest absolute Gasteiger partial charge is 0.370 e. The highest BCUT2D eigenvalue weighted by atomic mass is 127. The Labute approximate surface area is 111 Å². The van der Waals surface area contributed by atoms with Crippen molar-refractivity contribution in [3.63, 3.8) is 0 Å². The summed E-state index contributed by atoms with van der Waals surface area (Å²) in [4.78, 5) is 6.44. The van der Waals surface area contributed by atoms with E-state index >= 15 is 0 Å². The maximum Gasteiger partial charge on any atom is 0.189 e. The van der Waals surface area contributed by atoms with Crippen LogP contribution < -0.4 is 11.1 Å². The fourth-order valence-corrected chi connectivity index (χ4v) is 0.923. The number of aliphatic imine (C=N–C) groups is 1. The monoisotopic (exact) mass is 328 g/mol. The summed E-state index contributed by atoms with van der Waals surface area (Å²) >= 11 is 0. The molecule has 4 nitrogen and oxygen atoms in total. The van der Waals surface area contributed by atoms with Gasteiger partial charge >= 0.3 is 0 Å². The summed E-state index contributed by atoms with van der Waals surface area (Å²) < 4.78 is 0. The molecule has 0 aliphatic carbocycles. The first-order valence-corrected chi connectivity index (χ1v) is 5.12. The van der Waals surface area contributed by atoms with Gasteiger partial charge in [-0.15, -0.1) is 24.0 Å². The molecule has 0 unspecified atom stereocenters. The summed E-state index contributed by atoms with van der Waals surface area (Å²) in [6.07, 6.45) is 0. The number of rotatable bonds is 4. The van der Waals surface area contributed by atoms with E-state index in [1.807, 2.05) is 0 Å². The Kier molecular flexibility index (Phi) is 9.43. The van der Waals surface area contributed by atoms with Crippen molar-refractivity contribution in [1.82, 2.24) is 10.2 Å². The second kappa shape index (κ2) is 8.15. The summed E-state index contributed by atoms with van der Waals surface area (Å²) in [5.74, 6) is 0.530. The van der Waals surface area contributed by atoms with E-state index in [-0.39, 0.29) is 29.5 Å². The predicted molar refractivity (Wildman–Crippen MR) is 78.0 cm³/mol. The fraction of sp³-hybridized carbons (Fsp3) is 0.900. The molecule has 0 rings (SSSR count). The lowest BCUT2D eigenvalue weighted by Gasteiger charge is -2.21. The van der Waals surface area contributed by atoms with Crippen LogP contribution in [0.25, 0.3) is 0 Å². The third kappa shape index (κ3) is 11.9.